The number of hydrogen-bond donors (Lipinski definition) is 0. The molecule has 4 rings (SSSR count). The molecule has 1 fully saturated rings. The number of allylic oxidation sites excluding steroid dienone is 7. The first-order chi connectivity index (χ1) is 20.3. The van der Waals surface area contributed by atoms with Gasteiger partial charge in [-0.15, -0.1) is 0 Å². The second-order valence-corrected chi connectivity index (χ2v) is 12.2. The smallest absolute Gasteiger partial charge is 0.167 e. The van der Waals surface area contributed by atoms with Crippen molar-refractivity contribution in [2.24, 2.45) is 17.8 Å². The molecule has 1 unspecified atom stereocenters. The molecule has 0 N–H and O–H groups in total. The minimum Gasteiger partial charge on any atom is -0.203 e. The molecule has 226 valence electrons. The summed E-state index contributed by atoms with van der Waals surface area (Å²) in [6.07, 6.45) is 17.3. The van der Waals surface area contributed by atoms with Crippen LogP contribution in [0.4, 0.5) is 17.6 Å². The molecule has 1 atom stereocenters. The molecule has 2 aromatic rings. The van der Waals surface area contributed by atoms with Crippen molar-refractivity contribution >= 4 is 11.1 Å². The Balaban J connectivity index is 1.43. The Hall–Kier alpha value is -2.88. The van der Waals surface area contributed by atoms with Crippen LogP contribution in [0.5, 0.6) is 0 Å². The lowest BCUT2D eigenvalue weighted by atomic mass is 9.70. The summed E-state index contributed by atoms with van der Waals surface area (Å²) >= 11 is 0. The predicted molar refractivity (Wildman–Crippen MR) is 169 cm³/mol. The van der Waals surface area contributed by atoms with Gasteiger partial charge in [0.25, 0.3) is 0 Å². The van der Waals surface area contributed by atoms with E-state index < -0.39 is 23.3 Å². The highest BCUT2D eigenvalue weighted by atomic mass is 19.2. The van der Waals surface area contributed by atoms with Gasteiger partial charge in [0.15, 0.2) is 23.3 Å². The van der Waals surface area contributed by atoms with Crippen molar-refractivity contribution in [3.63, 3.8) is 0 Å². The molecule has 0 heterocycles. The van der Waals surface area contributed by atoms with Crippen LogP contribution < -0.4 is 0 Å². The lowest BCUT2D eigenvalue weighted by Crippen LogP contribution is -2.23. The predicted octanol–water partition coefficient (Wildman–Crippen LogP) is 12.7. The van der Waals surface area contributed by atoms with Gasteiger partial charge in [0.05, 0.1) is 0 Å². The van der Waals surface area contributed by atoms with Gasteiger partial charge in [0, 0.05) is 16.7 Å². The zero-order valence-electron chi connectivity index (χ0n) is 25.6. The van der Waals surface area contributed by atoms with Gasteiger partial charge in [-0.25, -0.2) is 17.6 Å². The van der Waals surface area contributed by atoms with Crippen LogP contribution in [0.25, 0.3) is 22.3 Å². The van der Waals surface area contributed by atoms with Gasteiger partial charge in [-0.3, -0.25) is 0 Å². The van der Waals surface area contributed by atoms with E-state index in [1.165, 1.54) is 57.4 Å². The number of halogens is 4. The van der Waals surface area contributed by atoms with Crippen molar-refractivity contribution in [2.45, 2.75) is 97.8 Å². The average molecular weight is 579 g/mol. The van der Waals surface area contributed by atoms with Crippen molar-refractivity contribution in [3.05, 3.63) is 95.1 Å². The molecule has 2 aromatic carbocycles. The van der Waals surface area contributed by atoms with Crippen LogP contribution in [-0.2, 0) is 0 Å². The van der Waals surface area contributed by atoms with Crippen LogP contribution in [0.15, 0.2) is 72.4 Å². The van der Waals surface area contributed by atoms with E-state index in [4.69, 9.17) is 0 Å². The van der Waals surface area contributed by atoms with E-state index in [9.17, 15) is 8.78 Å². The number of hydrogen-bond acceptors (Lipinski definition) is 0. The lowest BCUT2D eigenvalue weighted by Gasteiger charge is -2.35. The maximum Gasteiger partial charge on any atom is 0.167 e. The summed E-state index contributed by atoms with van der Waals surface area (Å²) in [5, 5.41) is 0. The normalized spacial score (nSPS) is 22.0. The van der Waals surface area contributed by atoms with Gasteiger partial charge in [-0.2, -0.15) is 0 Å². The highest BCUT2D eigenvalue weighted by molar-refractivity contribution is 5.80. The van der Waals surface area contributed by atoms with Crippen LogP contribution in [0.1, 0.15) is 109 Å². The molecule has 0 saturated heterocycles. The molecule has 0 nitrogen and oxygen atoms in total. The van der Waals surface area contributed by atoms with Crippen LogP contribution in [0, 0.1) is 29.4 Å². The zero-order chi connectivity index (χ0) is 30.2. The van der Waals surface area contributed by atoms with Crippen molar-refractivity contribution in [2.75, 3.05) is 0 Å². The number of unbranched alkanes of at least 4 members (excludes halogenated alkanes) is 2. The monoisotopic (exact) mass is 578 g/mol. The van der Waals surface area contributed by atoms with Crippen LogP contribution in [0.3, 0.4) is 0 Å². The van der Waals surface area contributed by atoms with E-state index in [1.54, 1.807) is 50.2 Å². The molecule has 4 heteroatoms. The fourth-order valence-electron chi connectivity index (χ4n) is 6.86. The zero-order valence-corrected chi connectivity index (χ0v) is 25.6. The summed E-state index contributed by atoms with van der Waals surface area (Å²) in [5.74, 6) is -1.35. The molecule has 0 aliphatic heterocycles. The average Bonchev–Trinajstić information content (AvgIpc) is 3.03. The second kappa shape index (κ2) is 15.0. The summed E-state index contributed by atoms with van der Waals surface area (Å²) in [6, 6.07) is 9.72. The van der Waals surface area contributed by atoms with Crippen LogP contribution in [-0.4, -0.2) is 0 Å². The largest absolute Gasteiger partial charge is 0.203 e. The molecule has 2 aliphatic rings. The molecule has 2 aliphatic carbocycles. The Kier molecular flexibility index (Phi) is 11.5. The SMILES string of the molecule is C=C(CC)/C(F)=C(F)\C(=C/C)c1ccc(-c2ccc(C3=CCC(C4CCC(CCCCC)CC4)CC3)c(F)c2F)cc1. The van der Waals surface area contributed by atoms with Gasteiger partial charge in [0.1, 0.15) is 0 Å². The number of benzene rings is 2. The molecule has 0 radical (unpaired) electrons. The highest BCUT2D eigenvalue weighted by Crippen LogP contribution is 2.43. The summed E-state index contributed by atoms with van der Waals surface area (Å²) in [4.78, 5) is 0. The maximum atomic E-state index is 15.4. The molecular weight excluding hydrogens is 532 g/mol. The Labute approximate surface area is 250 Å². The molecular formula is C38H46F4. The Morgan fingerprint density at radius 2 is 1.50 bits per heavy atom. The summed E-state index contributed by atoms with van der Waals surface area (Å²) in [6.45, 7) is 9.17. The topological polar surface area (TPSA) is 0 Å². The van der Waals surface area contributed by atoms with Gasteiger partial charge in [0.2, 0.25) is 0 Å². The van der Waals surface area contributed by atoms with Gasteiger partial charge in [-0.1, -0.05) is 108 Å². The third-order valence-electron chi connectivity index (χ3n) is 9.62. The van der Waals surface area contributed by atoms with Crippen LogP contribution in [0.2, 0.25) is 0 Å². The molecule has 1 saturated carbocycles. The standard InChI is InChI=1S/C38H46F4/c1-5-8-9-10-26-11-13-27(14-12-26)28-15-17-30(18-16-28)33-23-24-34(38(42)37(33)41)31-21-19-29(20-22-31)32(7-3)36(40)35(39)25(4)6-2/h7,17,19-24,26-28H,4-6,8-16,18H2,1-3H3/b32-7-,36-35-. The quantitative estimate of drug-likeness (QED) is 0.141. The first-order valence-electron chi connectivity index (χ1n) is 16.0. The molecule has 0 aromatic heterocycles. The van der Waals surface area contributed by atoms with Crippen molar-refractivity contribution in [1.29, 1.82) is 0 Å². The summed E-state index contributed by atoms with van der Waals surface area (Å²) < 4.78 is 60.0. The van der Waals surface area contributed by atoms with Gasteiger partial charge >= 0.3 is 0 Å². The van der Waals surface area contributed by atoms with E-state index in [0.29, 0.717) is 29.0 Å². The lowest BCUT2D eigenvalue weighted by molar-refractivity contribution is 0.187. The molecule has 0 spiro atoms. The molecule has 0 amide bonds. The molecule has 42 heavy (non-hydrogen) atoms. The minimum atomic E-state index is -0.975. The van der Waals surface area contributed by atoms with E-state index >= 15 is 8.78 Å². The second-order valence-electron chi connectivity index (χ2n) is 12.2. The molecule has 0 bridgehead atoms. The van der Waals surface area contributed by atoms with E-state index in [1.807, 2.05) is 0 Å². The maximum absolute atomic E-state index is 15.4. The van der Waals surface area contributed by atoms with E-state index in [0.717, 1.165) is 36.7 Å². The van der Waals surface area contributed by atoms with Gasteiger partial charge < -0.3 is 0 Å². The minimum absolute atomic E-state index is 0.0880. The third-order valence-corrected chi connectivity index (χ3v) is 9.62. The summed E-state index contributed by atoms with van der Waals surface area (Å²) in [7, 11) is 0. The third kappa shape index (κ3) is 7.36. The Morgan fingerprint density at radius 1 is 0.833 bits per heavy atom. The van der Waals surface area contributed by atoms with Crippen molar-refractivity contribution in [3.8, 4) is 11.1 Å². The van der Waals surface area contributed by atoms with E-state index in [2.05, 4.69) is 19.6 Å². The number of rotatable bonds is 11. The fourth-order valence-corrected chi connectivity index (χ4v) is 6.86. The van der Waals surface area contributed by atoms with Crippen molar-refractivity contribution < 1.29 is 17.6 Å². The van der Waals surface area contributed by atoms with Gasteiger partial charge in [-0.05, 0) is 85.5 Å². The Bertz CT molecular complexity index is 1320. The highest BCUT2D eigenvalue weighted by Gasteiger charge is 2.29. The fraction of sp³-hybridized carbons (Fsp3) is 0.474. The summed E-state index contributed by atoms with van der Waals surface area (Å²) in [5.41, 5.74) is 2.50. The first-order valence-corrected chi connectivity index (χ1v) is 16.0. The van der Waals surface area contributed by atoms with E-state index in [-0.39, 0.29) is 16.7 Å². The van der Waals surface area contributed by atoms with Crippen LogP contribution >= 0.6 is 0 Å². The Morgan fingerprint density at radius 3 is 2.10 bits per heavy atom. The van der Waals surface area contributed by atoms with Crippen molar-refractivity contribution in [1.82, 2.24) is 0 Å². The first kappa shape index (κ1) is 32.0.